The molecular weight excluding hydrogens is 404 g/mol. The summed E-state index contributed by atoms with van der Waals surface area (Å²) in [7, 11) is -0.752. The first kappa shape index (κ1) is 20.2. The molecule has 1 aromatic carbocycles. The van der Waals surface area contributed by atoms with Gasteiger partial charge >= 0.3 is 6.01 Å². The van der Waals surface area contributed by atoms with Crippen LogP contribution in [0.4, 0.5) is 0 Å². The van der Waals surface area contributed by atoms with Gasteiger partial charge in [0.1, 0.15) is 4.90 Å². The van der Waals surface area contributed by atoms with Crippen molar-refractivity contribution < 1.29 is 17.9 Å². The molecule has 0 atom stereocenters. The number of aromatic nitrogens is 3. The van der Waals surface area contributed by atoms with E-state index in [9.17, 15) is 8.42 Å². The minimum atomic E-state index is -3.72. The van der Waals surface area contributed by atoms with E-state index in [1.807, 2.05) is 6.92 Å². The fraction of sp³-hybridized carbons (Fsp3) is 0.278. The first-order valence-electron chi connectivity index (χ1n) is 8.44. The van der Waals surface area contributed by atoms with Gasteiger partial charge in [-0.15, -0.1) is 0 Å². The third-order valence-electron chi connectivity index (χ3n) is 4.02. The van der Waals surface area contributed by atoms with E-state index in [0.717, 1.165) is 5.56 Å². The highest BCUT2D eigenvalue weighted by Crippen LogP contribution is 2.34. The van der Waals surface area contributed by atoms with Crippen LogP contribution in [0.5, 0.6) is 11.9 Å². The Kier molecular flexibility index (Phi) is 5.97. The number of ether oxygens (including phenoxy) is 2. The van der Waals surface area contributed by atoms with Gasteiger partial charge in [0.05, 0.1) is 30.3 Å². The van der Waals surface area contributed by atoms with E-state index < -0.39 is 10.0 Å². The Morgan fingerprint density at radius 2 is 1.93 bits per heavy atom. The molecule has 0 saturated heterocycles. The minimum absolute atomic E-state index is 0.0479. The highest BCUT2D eigenvalue weighted by molar-refractivity contribution is 7.89. The van der Waals surface area contributed by atoms with Crippen LogP contribution in [0.2, 0.25) is 5.02 Å². The van der Waals surface area contributed by atoms with Crippen molar-refractivity contribution in [2.24, 2.45) is 0 Å². The number of sulfonamides is 1. The van der Waals surface area contributed by atoms with Gasteiger partial charge in [0, 0.05) is 24.3 Å². The summed E-state index contributed by atoms with van der Waals surface area (Å²) in [5.41, 5.74) is 1.93. The van der Waals surface area contributed by atoms with Gasteiger partial charge in [-0.2, -0.15) is 4.98 Å². The van der Waals surface area contributed by atoms with E-state index in [2.05, 4.69) is 19.7 Å². The number of nitrogens with one attached hydrogen (secondary N) is 1. The largest absolute Gasteiger partial charge is 0.480 e. The Bertz CT molecular complexity index is 1120. The van der Waals surface area contributed by atoms with Gasteiger partial charge in [-0.3, -0.25) is 4.98 Å². The van der Waals surface area contributed by atoms with Crippen LogP contribution in [0, 0.1) is 0 Å². The zero-order valence-corrected chi connectivity index (χ0v) is 17.1. The molecule has 3 aromatic rings. The van der Waals surface area contributed by atoms with Crippen LogP contribution in [-0.4, -0.2) is 44.1 Å². The molecule has 0 radical (unpaired) electrons. The van der Waals surface area contributed by atoms with E-state index in [0.29, 0.717) is 35.3 Å². The van der Waals surface area contributed by atoms with Gasteiger partial charge in [-0.05, 0) is 18.1 Å². The van der Waals surface area contributed by atoms with Crippen molar-refractivity contribution in [1.29, 1.82) is 0 Å². The van der Waals surface area contributed by atoms with E-state index in [4.69, 9.17) is 21.1 Å². The average Bonchev–Trinajstić information content (AvgIpc) is 2.71. The van der Waals surface area contributed by atoms with Gasteiger partial charge in [-0.1, -0.05) is 30.7 Å². The second-order valence-corrected chi connectivity index (χ2v) is 7.96. The predicted octanol–water partition coefficient (Wildman–Crippen LogP) is 3.05. The third-order valence-corrected chi connectivity index (χ3v) is 6.01. The fourth-order valence-corrected chi connectivity index (χ4v) is 4.29. The molecule has 0 fully saturated rings. The quantitative estimate of drug-likeness (QED) is 0.624. The summed E-state index contributed by atoms with van der Waals surface area (Å²) < 4.78 is 37.6. The summed E-state index contributed by atoms with van der Waals surface area (Å²) in [6.45, 7) is 2.20. The molecule has 10 heteroatoms. The highest BCUT2D eigenvalue weighted by atomic mass is 35.5. The molecule has 2 aromatic heterocycles. The maximum absolute atomic E-state index is 12.4. The topological polar surface area (TPSA) is 103 Å². The van der Waals surface area contributed by atoms with Crippen molar-refractivity contribution in [2.75, 3.05) is 20.8 Å². The molecule has 3 rings (SSSR count). The van der Waals surface area contributed by atoms with Crippen LogP contribution in [0.1, 0.15) is 13.3 Å². The number of pyridine rings is 1. The van der Waals surface area contributed by atoms with Gasteiger partial charge in [0.2, 0.25) is 15.9 Å². The molecule has 0 bridgehead atoms. The molecule has 0 spiro atoms. The Balaban J connectivity index is 2.08. The lowest BCUT2D eigenvalue weighted by atomic mass is 10.1. The summed E-state index contributed by atoms with van der Waals surface area (Å²) in [4.78, 5) is 12.5. The Morgan fingerprint density at radius 1 is 1.14 bits per heavy atom. The zero-order valence-electron chi connectivity index (χ0n) is 15.6. The second kappa shape index (κ2) is 8.26. The molecule has 0 saturated carbocycles. The normalized spacial score (nSPS) is 11.6. The molecule has 0 amide bonds. The molecule has 2 heterocycles. The maximum Gasteiger partial charge on any atom is 0.319 e. The molecule has 0 aliphatic carbocycles. The van der Waals surface area contributed by atoms with Crippen molar-refractivity contribution in [3.8, 4) is 23.0 Å². The lowest BCUT2D eigenvalue weighted by molar-refractivity contribution is 0.353. The molecule has 0 unspecified atom stereocenters. The van der Waals surface area contributed by atoms with E-state index in [1.54, 1.807) is 24.4 Å². The Morgan fingerprint density at radius 3 is 2.61 bits per heavy atom. The standard InChI is InChI=1S/C18H19ClN4O4S/c1-4-7-22-28(24,25)15-10-20-14-8-11(5-6-12(14)16(15)19)13-9-21-18(27-3)23-17(13)26-2/h5-6,8-10,22H,4,7H2,1-3H3. The predicted molar refractivity (Wildman–Crippen MR) is 106 cm³/mol. The fourth-order valence-electron chi connectivity index (χ4n) is 2.61. The average molecular weight is 423 g/mol. The first-order valence-corrected chi connectivity index (χ1v) is 10.3. The van der Waals surface area contributed by atoms with E-state index in [1.165, 1.54) is 20.4 Å². The number of rotatable bonds is 7. The van der Waals surface area contributed by atoms with Gasteiger partial charge in [0.15, 0.2) is 0 Å². The van der Waals surface area contributed by atoms with Gasteiger partial charge < -0.3 is 9.47 Å². The van der Waals surface area contributed by atoms with Crippen LogP contribution < -0.4 is 14.2 Å². The summed E-state index contributed by atoms with van der Waals surface area (Å²) >= 11 is 6.38. The second-order valence-electron chi connectivity index (χ2n) is 5.85. The van der Waals surface area contributed by atoms with Crippen LogP contribution >= 0.6 is 11.6 Å². The zero-order chi connectivity index (χ0) is 20.3. The van der Waals surface area contributed by atoms with Crippen molar-refractivity contribution in [3.63, 3.8) is 0 Å². The summed E-state index contributed by atoms with van der Waals surface area (Å²) in [6.07, 6.45) is 3.52. The van der Waals surface area contributed by atoms with Crippen molar-refractivity contribution in [2.45, 2.75) is 18.2 Å². The van der Waals surface area contributed by atoms with E-state index >= 15 is 0 Å². The van der Waals surface area contributed by atoms with E-state index in [-0.39, 0.29) is 15.9 Å². The summed E-state index contributed by atoms with van der Waals surface area (Å²) in [5, 5.41) is 0.649. The molecule has 8 nitrogen and oxygen atoms in total. The van der Waals surface area contributed by atoms with Crippen LogP contribution in [0.15, 0.2) is 35.5 Å². The number of nitrogens with zero attached hydrogens (tertiary/aromatic N) is 3. The van der Waals surface area contributed by atoms with Crippen LogP contribution in [-0.2, 0) is 10.0 Å². The smallest absolute Gasteiger partial charge is 0.319 e. The molecule has 0 aliphatic rings. The van der Waals surface area contributed by atoms with Crippen LogP contribution in [0.25, 0.3) is 22.0 Å². The van der Waals surface area contributed by atoms with Crippen molar-refractivity contribution in [1.82, 2.24) is 19.7 Å². The first-order chi connectivity index (χ1) is 13.4. The number of fused-ring (bicyclic) bond motifs is 1. The van der Waals surface area contributed by atoms with Gasteiger partial charge in [0.25, 0.3) is 0 Å². The highest BCUT2D eigenvalue weighted by Gasteiger charge is 2.20. The molecule has 0 aliphatic heterocycles. The molecule has 28 heavy (non-hydrogen) atoms. The summed E-state index contributed by atoms with van der Waals surface area (Å²) in [6, 6.07) is 5.45. The molecule has 148 valence electrons. The Hall–Kier alpha value is -2.49. The number of hydrogen-bond acceptors (Lipinski definition) is 7. The number of halogens is 1. The van der Waals surface area contributed by atoms with Crippen LogP contribution in [0.3, 0.4) is 0 Å². The maximum atomic E-state index is 12.4. The minimum Gasteiger partial charge on any atom is -0.480 e. The molecular formula is C18H19ClN4O4S. The lowest BCUT2D eigenvalue weighted by Crippen LogP contribution is -2.24. The number of hydrogen-bond donors (Lipinski definition) is 1. The SMILES string of the molecule is CCCNS(=O)(=O)c1cnc2cc(-c3cnc(OC)nc3OC)ccc2c1Cl. The monoisotopic (exact) mass is 422 g/mol. The van der Waals surface area contributed by atoms with Gasteiger partial charge in [-0.25, -0.2) is 18.1 Å². The Labute approximate surface area is 167 Å². The summed E-state index contributed by atoms with van der Waals surface area (Å²) in [5.74, 6) is 0.347. The van der Waals surface area contributed by atoms with Crippen molar-refractivity contribution in [3.05, 3.63) is 35.6 Å². The lowest BCUT2D eigenvalue weighted by Gasteiger charge is -2.11. The number of benzene rings is 1. The number of methoxy groups -OCH3 is 2. The third kappa shape index (κ3) is 3.87. The molecule has 1 N–H and O–H groups in total. The van der Waals surface area contributed by atoms with Crippen molar-refractivity contribution >= 4 is 32.5 Å².